The Morgan fingerprint density at radius 3 is 0.899 bits per heavy atom. The second kappa shape index (κ2) is 56.9. The molecule has 0 rings (SSSR count). The standard InChI is InChI=1S/C63H106O6/c1-4-7-10-13-16-19-22-24-26-27-28-29-30-31-32-33-34-35-37-38-41-44-47-50-53-56-62(65)68-59-60(58-67-61(64)55-52-49-46-43-40-21-18-15-12-9-6-3)69-63(66)57-54-51-48-45-42-39-36-25-23-20-17-14-11-8-5-2/h7-8,10-11,15-20,24-26,28-29,36,60H,4-6,9,12-14,21-23,27,30-35,37-59H2,1-3H3/b10-7-,11-8-,18-15-,19-16-,20-17-,26-24-,29-28-,36-25-. The van der Waals surface area contributed by atoms with Crippen molar-refractivity contribution < 1.29 is 28.6 Å². The Morgan fingerprint density at radius 2 is 0.565 bits per heavy atom. The summed E-state index contributed by atoms with van der Waals surface area (Å²) in [5.74, 6) is -0.915. The Bertz CT molecular complexity index is 1380. The molecule has 0 amide bonds. The highest BCUT2D eigenvalue weighted by Crippen LogP contribution is 2.15. The van der Waals surface area contributed by atoms with Gasteiger partial charge in [-0.1, -0.05) is 234 Å². The monoisotopic (exact) mass is 959 g/mol. The van der Waals surface area contributed by atoms with Gasteiger partial charge in [0.05, 0.1) is 0 Å². The summed E-state index contributed by atoms with van der Waals surface area (Å²) in [6.45, 7) is 6.36. The van der Waals surface area contributed by atoms with Crippen molar-refractivity contribution in [1.82, 2.24) is 0 Å². The maximum Gasteiger partial charge on any atom is 0.306 e. The molecule has 0 fully saturated rings. The van der Waals surface area contributed by atoms with Crippen LogP contribution in [0.3, 0.4) is 0 Å². The van der Waals surface area contributed by atoms with Gasteiger partial charge in [-0.2, -0.15) is 0 Å². The molecule has 0 bridgehead atoms. The molecule has 394 valence electrons. The second-order valence-corrected chi connectivity index (χ2v) is 18.8. The zero-order valence-corrected chi connectivity index (χ0v) is 45.0. The fourth-order valence-electron chi connectivity index (χ4n) is 7.78. The number of allylic oxidation sites excluding steroid dienone is 16. The van der Waals surface area contributed by atoms with E-state index in [1.54, 1.807) is 0 Å². The SMILES string of the molecule is CC/C=C\C/C=C\C/C=C\C/C=C\CCCCCCCCCCCCCCC(=O)OCC(COC(=O)CCCCCCC/C=C\CCCC)OC(=O)CCCCCCC/C=C\C/C=C\C/C=C\CC. The molecule has 0 aliphatic heterocycles. The van der Waals surface area contributed by atoms with E-state index in [0.29, 0.717) is 19.3 Å². The second-order valence-electron chi connectivity index (χ2n) is 18.8. The molecule has 0 aliphatic rings. The van der Waals surface area contributed by atoms with Crippen molar-refractivity contribution in [2.75, 3.05) is 13.2 Å². The van der Waals surface area contributed by atoms with Gasteiger partial charge in [0.25, 0.3) is 0 Å². The highest BCUT2D eigenvalue weighted by Gasteiger charge is 2.19. The van der Waals surface area contributed by atoms with Crippen LogP contribution >= 0.6 is 0 Å². The van der Waals surface area contributed by atoms with Crippen molar-refractivity contribution in [2.24, 2.45) is 0 Å². The summed E-state index contributed by atoms with van der Waals surface area (Å²) in [5, 5.41) is 0. The average Bonchev–Trinajstić information content (AvgIpc) is 3.35. The molecular weight excluding hydrogens is 853 g/mol. The molecule has 1 atom stereocenters. The van der Waals surface area contributed by atoms with Gasteiger partial charge in [-0.3, -0.25) is 14.4 Å². The van der Waals surface area contributed by atoms with Crippen LogP contribution in [-0.4, -0.2) is 37.2 Å². The number of carbonyl (C=O) groups excluding carboxylic acids is 3. The number of carbonyl (C=O) groups is 3. The number of hydrogen-bond acceptors (Lipinski definition) is 6. The van der Waals surface area contributed by atoms with Gasteiger partial charge < -0.3 is 14.2 Å². The lowest BCUT2D eigenvalue weighted by Crippen LogP contribution is -2.30. The lowest BCUT2D eigenvalue weighted by Gasteiger charge is -2.18. The molecule has 0 radical (unpaired) electrons. The summed E-state index contributed by atoms with van der Waals surface area (Å²) in [7, 11) is 0. The minimum atomic E-state index is -0.790. The molecule has 0 N–H and O–H groups in total. The topological polar surface area (TPSA) is 78.9 Å². The number of rotatable bonds is 51. The molecule has 0 aromatic carbocycles. The first-order valence-electron chi connectivity index (χ1n) is 28.7. The number of esters is 3. The van der Waals surface area contributed by atoms with Gasteiger partial charge in [0.15, 0.2) is 6.10 Å². The molecule has 1 unspecified atom stereocenters. The van der Waals surface area contributed by atoms with Gasteiger partial charge in [-0.25, -0.2) is 0 Å². The van der Waals surface area contributed by atoms with Gasteiger partial charge in [0.1, 0.15) is 13.2 Å². The summed E-state index contributed by atoms with van der Waals surface area (Å²) in [5.41, 5.74) is 0. The zero-order valence-electron chi connectivity index (χ0n) is 45.0. The molecule has 0 saturated heterocycles. The zero-order chi connectivity index (χ0) is 50.0. The third kappa shape index (κ3) is 55.1. The molecule has 0 saturated carbocycles. The van der Waals surface area contributed by atoms with Gasteiger partial charge in [0.2, 0.25) is 0 Å². The van der Waals surface area contributed by atoms with Crippen molar-refractivity contribution in [2.45, 2.75) is 271 Å². The molecule has 0 heterocycles. The van der Waals surface area contributed by atoms with E-state index in [1.165, 1.54) is 96.3 Å². The van der Waals surface area contributed by atoms with E-state index < -0.39 is 6.10 Å². The van der Waals surface area contributed by atoms with Crippen LogP contribution in [0.15, 0.2) is 97.2 Å². The minimum absolute atomic E-state index is 0.0880. The van der Waals surface area contributed by atoms with Crippen LogP contribution < -0.4 is 0 Å². The fraction of sp³-hybridized carbons (Fsp3) is 0.698. The first-order chi connectivity index (χ1) is 34.0. The third-order valence-electron chi connectivity index (χ3n) is 12.1. The Labute approximate surface area is 426 Å². The fourth-order valence-corrected chi connectivity index (χ4v) is 7.78. The van der Waals surface area contributed by atoms with Crippen LogP contribution in [0.1, 0.15) is 265 Å². The highest BCUT2D eigenvalue weighted by molar-refractivity contribution is 5.71. The van der Waals surface area contributed by atoms with Gasteiger partial charge in [0, 0.05) is 19.3 Å². The van der Waals surface area contributed by atoms with E-state index in [2.05, 4.69) is 118 Å². The van der Waals surface area contributed by atoms with Crippen molar-refractivity contribution in [1.29, 1.82) is 0 Å². The Morgan fingerprint density at radius 1 is 0.304 bits per heavy atom. The maximum absolute atomic E-state index is 12.8. The molecular formula is C63H106O6. The van der Waals surface area contributed by atoms with E-state index in [-0.39, 0.29) is 31.1 Å². The lowest BCUT2D eigenvalue weighted by atomic mass is 10.0. The van der Waals surface area contributed by atoms with Gasteiger partial charge in [-0.15, -0.1) is 0 Å². The number of unbranched alkanes of at least 4 members (excludes halogenated alkanes) is 24. The molecule has 0 aromatic heterocycles. The average molecular weight is 960 g/mol. The van der Waals surface area contributed by atoms with E-state index in [1.807, 2.05) is 0 Å². The van der Waals surface area contributed by atoms with E-state index in [4.69, 9.17) is 14.2 Å². The number of hydrogen-bond donors (Lipinski definition) is 0. The summed E-state index contributed by atoms with van der Waals surface area (Å²) in [6.07, 6.45) is 75.5. The van der Waals surface area contributed by atoms with E-state index >= 15 is 0 Å². The molecule has 0 spiro atoms. The van der Waals surface area contributed by atoms with Crippen LogP contribution in [0, 0.1) is 0 Å². The summed E-state index contributed by atoms with van der Waals surface area (Å²) in [4.78, 5) is 38.1. The summed E-state index contributed by atoms with van der Waals surface area (Å²) >= 11 is 0. The van der Waals surface area contributed by atoms with Crippen molar-refractivity contribution in [3.63, 3.8) is 0 Å². The largest absolute Gasteiger partial charge is 0.462 e. The molecule has 0 aliphatic carbocycles. The van der Waals surface area contributed by atoms with Crippen LogP contribution in [0.2, 0.25) is 0 Å². The Balaban J connectivity index is 4.28. The normalized spacial score (nSPS) is 12.8. The summed E-state index contributed by atoms with van der Waals surface area (Å²) in [6, 6.07) is 0. The van der Waals surface area contributed by atoms with Crippen LogP contribution in [0.4, 0.5) is 0 Å². The van der Waals surface area contributed by atoms with Gasteiger partial charge >= 0.3 is 17.9 Å². The quantitative estimate of drug-likeness (QED) is 0.0262. The predicted molar refractivity (Wildman–Crippen MR) is 297 cm³/mol. The number of ether oxygens (including phenoxy) is 3. The first kappa shape index (κ1) is 65.3. The predicted octanol–water partition coefficient (Wildman–Crippen LogP) is 19.3. The lowest BCUT2D eigenvalue weighted by molar-refractivity contribution is -0.167. The molecule has 0 aromatic rings. The van der Waals surface area contributed by atoms with Gasteiger partial charge in [-0.05, 0) is 109 Å². The molecule has 69 heavy (non-hydrogen) atoms. The third-order valence-corrected chi connectivity index (χ3v) is 12.1. The van der Waals surface area contributed by atoms with Crippen molar-refractivity contribution in [3.05, 3.63) is 97.2 Å². The van der Waals surface area contributed by atoms with Crippen LogP contribution in [0.5, 0.6) is 0 Å². The van der Waals surface area contributed by atoms with Crippen LogP contribution in [-0.2, 0) is 28.6 Å². The molecule has 6 nitrogen and oxygen atoms in total. The minimum Gasteiger partial charge on any atom is -0.462 e. The van der Waals surface area contributed by atoms with E-state index in [9.17, 15) is 14.4 Å². The first-order valence-corrected chi connectivity index (χ1v) is 28.7. The Hall–Kier alpha value is -3.67. The highest BCUT2D eigenvalue weighted by atomic mass is 16.6. The smallest absolute Gasteiger partial charge is 0.306 e. The van der Waals surface area contributed by atoms with Crippen molar-refractivity contribution >= 4 is 17.9 Å². The molecule has 6 heteroatoms. The summed E-state index contributed by atoms with van der Waals surface area (Å²) < 4.78 is 16.8. The van der Waals surface area contributed by atoms with E-state index in [0.717, 1.165) is 128 Å². The maximum atomic E-state index is 12.8. The van der Waals surface area contributed by atoms with Crippen molar-refractivity contribution in [3.8, 4) is 0 Å². The Kier molecular flexibility index (Phi) is 53.9. The van der Waals surface area contributed by atoms with Crippen LogP contribution in [0.25, 0.3) is 0 Å².